The van der Waals surface area contributed by atoms with Crippen molar-refractivity contribution in [3.63, 3.8) is 0 Å². The van der Waals surface area contributed by atoms with Gasteiger partial charge in [-0.1, -0.05) is 24.6 Å². The third kappa shape index (κ3) is 3.28. The molecule has 0 bridgehead atoms. The van der Waals surface area contributed by atoms with E-state index >= 15 is 0 Å². The molecule has 20 heavy (non-hydrogen) atoms. The number of nitrogens with zero attached hydrogens (tertiary/aromatic N) is 1. The van der Waals surface area contributed by atoms with Gasteiger partial charge in [-0.3, -0.25) is 0 Å². The SMILES string of the molecule is CCC(NC(C)c1c(C)cc(C)cc1C)c1nccs1. The van der Waals surface area contributed by atoms with Crippen molar-refractivity contribution in [2.75, 3.05) is 0 Å². The van der Waals surface area contributed by atoms with Gasteiger partial charge in [-0.15, -0.1) is 11.3 Å². The molecule has 2 unspecified atom stereocenters. The van der Waals surface area contributed by atoms with Crippen LogP contribution in [0.5, 0.6) is 0 Å². The largest absolute Gasteiger partial charge is 0.301 e. The molecule has 0 saturated heterocycles. The maximum Gasteiger partial charge on any atom is 0.109 e. The Morgan fingerprint density at radius 1 is 1.20 bits per heavy atom. The molecule has 1 heterocycles. The van der Waals surface area contributed by atoms with Crippen LogP contribution in [0.1, 0.15) is 59.6 Å². The quantitative estimate of drug-likeness (QED) is 0.849. The highest BCUT2D eigenvalue weighted by Crippen LogP contribution is 2.27. The van der Waals surface area contributed by atoms with Crippen LogP contribution in [0.4, 0.5) is 0 Å². The molecular formula is C17H24N2S. The molecule has 0 aliphatic carbocycles. The van der Waals surface area contributed by atoms with E-state index in [1.165, 1.54) is 27.3 Å². The summed E-state index contributed by atoms with van der Waals surface area (Å²) in [6.45, 7) is 11.0. The molecule has 0 aliphatic heterocycles. The minimum atomic E-state index is 0.337. The molecular weight excluding hydrogens is 264 g/mol. The normalized spacial score (nSPS) is 14.2. The highest BCUT2D eigenvalue weighted by atomic mass is 32.1. The number of aryl methyl sites for hydroxylation is 3. The standard InChI is InChI=1S/C17H24N2S/c1-6-15(17-18-7-8-20-17)19-14(5)16-12(3)9-11(2)10-13(16)4/h7-10,14-15,19H,6H2,1-5H3. The Bertz CT molecular complexity index is 537. The fourth-order valence-electron chi connectivity index (χ4n) is 3.03. The van der Waals surface area contributed by atoms with Crippen LogP contribution in [0.15, 0.2) is 23.7 Å². The van der Waals surface area contributed by atoms with Crippen molar-refractivity contribution in [2.24, 2.45) is 0 Å². The van der Waals surface area contributed by atoms with E-state index in [9.17, 15) is 0 Å². The van der Waals surface area contributed by atoms with Crippen LogP contribution in [0.2, 0.25) is 0 Å². The highest BCUT2D eigenvalue weighted by Gasteiger charge is 2.18. The molecule has 108 valence electrons. The monoisotopic (exact) mass is 288 g/mol. The van der Waals surface area contributed by atoms with E-state index in [1.54, 1.807) is 11.3 Å². The van der Waals surface area contributed by atoms with Crippen molar-refractivity contribution in [3.05, 3.63) is 51.0 Å². The summed E-state index contributed by atoms with van der Waals surface area (Å²) in [5, 5.41) is 6.96. The number of hydrogen-bond acceptors (Lipinski definition) is 3. The number of thiazole rings is 1. The minimum Gasteiger partial charge on any atom is -0.301 e. The summed E-state index contributed by atoms with van der Waals surface area (Å²) in [6, 6.07) is 5.21. The van der Waals surface area contributed by atoms with Crippen LogP contribution in [0, 0.1) is 20.8 Å². The first-order valence-corrected chi connectivity index (χ1v) is 8.14. The zero-order valence-electron chi connectivity index (χ0n) is 13.0. The zero-order valence-corrected chi connectivity index (χ0v) is 13.8. The zero-order chi connectivity index (χ0) is 14.7. The summed E-state index contributed by atoms with van der Waals surface area (Å²) in [4.78, 5) is 4.45. The van der Waals surface area contributed by atoms with Gasteiger partial charge in [0.15, 0.2) is 0 Å². The lowest BCUT2D eigenvalue weighted by atomic mass is 9.94. The van der Waals surface area contributed by atoms with E-state index in [4.69, 9.17) is 0 Å². The number of hydrogen-bond donors (Lipinski definition) is 1. The predicted molar refractivity (Wildman–Crippen MR) is 87.3 cm³/mol. The molecule has 2 rings (SSSR count). The van der Waals surface area contributed by atoms with Gasteiger partial charge in [0.1, 0.15) is 5.01 Å². The molecule has 0 saturated carbocycles. The second-order valence-corrected chi connectivity index (χ2v) is 6.46. The fraction of sp³-hybridized carbons (Fsp3) is 0.471. The van der Waals surface area contributed by atoms with Crippen molar-refractivity contribution in [1.29, 1.82) is 0 Å². The summed E-state index contributed by atoms with van der Waals surface area (Å²) < 4.78 is 0. The first-order chi connectivity index (χ1) is 9.52. The van der Waals surface area contributed by atoms with E-state index in [1.807, 2.05) is 11.6 Å². The first kappa shape index (κ1) is 15.2. The number of nitrogens with one attached hydrogen (secondary N) is 1. The average molecular weight is 288 g/mol. The van der Waals surface area contributed by atoms with Crippen molar-refractivity contribution in [1.82, 2.24) is 10.3 Å². The summed E-state index contributed by atoms with van der Waals surface area (Å²) in [7, 11) is 0. The van der Waals surface area contributed by atoms with Crippen LogP contribution in [0.3, 0.4) is 0 Å². The van der Waals surface area contributed by atoms with Crippen molar-refractivity contribution < 1.29 is 0 Å². The Morgan fingerprint density at radius 2 is 1.85 bits per heavy atom. The van der Waals surface area contributed by atoms with Crippen LogP contribution in [-0.4, -0.2) is 4.98 Å². The molecule has 0 fully saturated rings. The van der Waals surface area contributed by atoms with Crippen molar-refractivity contribution in [2.45, 2.75) is 53.1 Å². The molecule has 2 nitrogen and oxygen atoms in total. The van der Waals surface area contributed by atoms with E-state index in [0.717, 1.165) is 6.42 Å². The molecule has 3 heteroatoms. The third-order valence-corrected chi connectivity index (χ3v) is 4.67. The molecule has 1 aromatic carbocycles. The van der Waals surface area contributed by atoms with Crippen molar-refractivity contribution >= 4 is 11.3 Å². The van der Waals surface area contributed by atoms with Gasteiger partial charge in [0.05, 0.1) is 6.04 Å². The Balaban J connectivity index is 2.21. The highest BCUT2D eigenvalue weighted by molar-refractivity contribution is 7.09. The van der Waals surface area contributed by atoms with Gasteiger partial charge in [-0.2, -0.15) is 0 Å². The molecule has 2 aromatic rings. The molecule has 1 aromatic heterocycles. The maximum atomic E-state index is 4.45. The van der Waals surface area contributed by atoms with E-state index in [2.05, 4.69) is 57.1 Å². The summed E-state index contributed by atoms with van der Waals surface area (Å²) in [6.07, 6.45) is 2.94. The minimum absolute atomic E-state index is 0.337. The topological polar surface area (TPSA) is 24.9 Å². The number of benzene rings is 1. The van der Waals surface area contributed by atoms with Gasteiger partial charge in [-0.05, 0) is 50.8 Å². The van der Waals surface area contributed by atoms with E-state index in [0.29, 0.717) is 12.1 Å². The van der Waals surface area contributed by atoms with Gasteiger partial charge in [0, 0.05) is 17.6 Å². The van der Waals surface area contributed by atoms with Gasteiger partial charge in [-0.25, -0.2) is 4.98 Å². The molecule has 0 radical (unpaired) electrons. The second-order valence-electron chi connectivity index (χ2n) is 5.53. The maximum absolute atomic E-state index is 4.45. The third-order valence-electron chi connectivity index (χ3n) is 3.78. The van der Waals surface area contributed by atoms with Crippen LogP contribution >= 0.6 is 11.3 Å². The Morgan fingerprint density at radius 3 is 2.35 bits per heavy atom. The Labute approximate surface area is 126 Å². The van der Waals surface area contributed by atoms with Crippen LogP contribution in [0.25, 0.3) is 0 Å². The summed E-state index contributed by atoms with van der Waals surface area (Å²) in [5.41, 5.74) is 5.50. The van der Waals surface area contributed by atoms with Gasteiger partial charge >= 0.3 is 0 Å². The number of aromatic nitrogens is 1. The molecule has 0 aliphatic rings. The van der Waals surface area contributed by atoms with Gasteiger partial charge in [0.2, 0.25) is 0 Å². The average Bonchev–Trinajstić information content (AvgIpc) is 2.88. The molecule has 2 atom stereocenters. The lowest BCUT2D eigenvalue weighted by Crippen LogP contribution is -2.25. The summed E-state index contributed by atoms with van der Waals surface area (Å²) in [5.74, 6) is 0. The summed E-state index contributed by atoms with van der Waals surface area (Å²) >= 11 is 1.73. The van der Waals surface area contributed by atoms with Crippen LogP contribution in [-0.2, 0) is 0 Å². The molecule has 0 spiro atoms. The molecule has 1 N–H and O–H groups in total. The first-order valence-electron chi connectivity index (χ1n) is 7.26. The van der Waals surface area contributed by atoms with Gasteiger partial charge < -0.3 is 5.32 Å². The Hall–Kier alpha value is -1.19. The van der Waals surface area contributed by atoms with Gasteiger partial charge in [0.25, 0.3) is 0 Å². The van der Waals surface area contributed by atoms with Crippen molar-refractivity contribution in [3.8, 4) is 0 Å². The predicted octanol–water partition coefficient (Wildman–Crippen LogP) is 4.87. The molecule has 0 amide bonds. The lowest BCUT2D eigenvalue weighted by Gasteiger charge is -2.24. The van der Waals surface area contributed by atoms with E-state index in [-0.39, 0.29) is 0 Å². The fourth-order valence-corrected chi connectivity index (χ4v) is 3.81. The number of rotatable bonds is 5. The van der Waals surface area contributed by atoms with Crippen LogP contribution < -0.4 is 5.32 Å². The smallest absolute Gasteiger partial charge is 0.109 e. The Kier molecular flexibility index (Phi) is 4.95. The van der Waals surface area contributed by atoms with E-state index < -0.39 is 0 Å². The second kappa shape index (κ2) is 6.51. The lowest BCUT2D eigenvalue weighted by molar-refractivity contribution is 0.452.